The summed E-state index contributed by atoms with van der Waals surface area (Å²) in [6.07, 6.45) is 4.90. The maximum atomic E-state index is 10.7. The first-order valence-electron chi connectivity index (χ1n) is 6.28. The second kappa shape index (κ2) is 8.21. The highest BCUT2D eigenvalue weighted by molar-refractivity contribution is 9.10. The minimum Gasteiger partial charge on any atom is -0.313 e. The minimum absolute atomic E-state index is 0.132. The summed E-state index contributed by atoms with van der Waals surface area (Å²) in [4.78, 5) is 10.4. The highest BCUT2D eigenvalue weighted by Crippen LogP contribution is 2.21. The first kappa shape index (κ1) is 15.1. The predicted molar refractivity (Wildman–Crippen MR) is 76.6 cm³/mol. The number of hydrogen-bond donors (Lipinski definition) is 1. The van der Waals surface area contributed by atoms with Crippen molar-refractivity contribution in [2.24, 2.45) is 0 Å². The van der Waals surface area contributed by atoms with Crippen molar-refractivity contribution >= 4 is 21.6 Å². The Morgan fingerprint density at radius 3 is 2.72 bits per heavy atom. The minimum atomic E-state index is -0.366. The van der Waals surface area contributed by atoms with Gasteiger partial charge in [0.05, 0.1) is 4.92 Å². The quantitative estimate of drug-likeness (QED) is 0.448. The van der Waals surface area contributed by atoms with Crippen molar-refractivity contribution in [2.75, 3.05) is 6.54 Å². The summed E-state index contributed by atoms with van der Waals surface area (Å²) in [6.45, 7) is 3.82. The van der Waals surface area contributed by atoms with Gasteiger partial charge in [-0.25, -0.2) is 0 Å². The van der Waals surface area contributed by atoms with Crippen LogP contribution in [0.2, 0.25) is 0 Å². The number of nitrogens with zero attached hydrogens (tertiary/aromatic N) is 1. The van der Waals surface area contributed by atoms with Crippen molar-refractivity contribution < 1.29 is 4.92 Å². The average Bonchev–Trinajstić information content (AvgIpc) is 2.33. The van der Waals surface area contributed by atoms with Crippen LogP contribution in [0.5, 0.6) is 0 Å². The van der Waals surface area contributed by atoms with Crippen LogP contribution in [0, 0.1) is 10.1 Å². The highest BCUT2D eigenvalue weighted by Gasteiger charge is 2.08. The van der Waals surface area contributed by atoms with Crippen LogP contribution in [-0.4, -0.2) is 11.5 Å². The van der Waals surface area contributed by atoms with E-state index in [9.17, 15) is 10.1 Å². The maximum Gasteiger partial charge on any atom is 0.270 e. The molecule has 0 aromatic heterocycles. The van der Waals surface area contributed by atoms with E-state index >= 15 is 0 Å². The third kappa shape index (κ3) is 5.60. The number of unbranched alkanes of at least 4 members (excludes halogenated alkanes) is 3. The summed E-state index contributed by atoms with van der Waals surface area (Å²) >= 11 is 3.29. The molecule has 1 rings (SSSR count). The molecule has 0 fully saturated rings. The number of halogens is 1. The van der Waals surface area contributed by atoms with Crippen LogP contribution >= 0.6 is 15.9 Å². The van der Waals surface area contributed by atoms with Crippen molar-refractivity contribution in [3.63, 3.8) is 0 Å². The van der Waals surface area contributed by atoms with Gasteiger partial charge in [-0.1, -0.05) is 42.1 Å². The fourth-order valence-electron chi connectivity index (χ4n) is 1.75. The third-order valence-corrected chi connectivity index (χ3v) is 3.15. The van der Waals surface area contributed by atoms with Crippen LogP contribution in [-0.2, 0) is 6.54 Å². The molecular formula is C13H19BrN2O2. The van der Waals surface area contributed by atoms with Gasteiger partial charge in [-0.15, -0.1) is 0 Å². The molecule has 0 saturated heterocycles. The van der Waals surface area contributed by atoms with Crippen molar-refractivity contribution in [3.8, 4) is 0 Å². The normalized spacial score (nSPS) is 10.6. The number of nitro benzene ring substituents is 1. The SMILES string of the molecule is CCCCCCNCc1cc(Br)cc([N+](=O)[O-])c1. The molecule has 0 amide bonds. The smallest absolute Gasteiger partial charge is 0.270 e. The third-order valence-electron chi connectivity index (χ3n) is 2.69. The lowest BCUT2D eigenvalue weighted by atomic mass is 10.2. The molecule has 4 nitrogen and oxygen atoms in total. The van der Waals surface area contributed by atoms with Crippen LogP contribution < -0.4 is 5.32 Å². The molecule has 0 spiro atoms. The molecule has 0 aliphatic rings. The Morgan fingerprint density at radius 2 is 2.06 bits per heavy atom. The van der Waals surface area contributed by atoms with E-state index in [-0.39, 0.29) is 10.6 Å². The standard InChI is InChI=1S/C13H19BrN2O2/c1-2-3-4-5-6-15-10-11-7-12(14)9-13(8-11)16(17)18/h7-9,15H,2-6,10H2,1H3. The molecule has 0 saturated carbocycles. The van der Waals surface area contributed by atoms with Gasteiger partial charge in [0.2, 0.25) is 0 Å². The Labute approximate surface area is 116 Å². The summed E-state index contributed by atoms with van der Waals surface area (Å²) < 4.78 is 0.750. The molecule has 0 radical (unpaired) electrons. The van der Waals surface area contributed by atoms with E-state index in [0.717, 1.165) is 23.0 Å². The van der Waals surface area contributed by atoms with Gasteiger partial charge < -0.3 is 5.32 Å². The molecule has 1 aromatic rings. The number of non-ortho nitro benzene ring substituents is 1. The Hall–Kier alpha value is -0.940. The number of nitro groups is 1. The lowest BCUT2D eigenvalue weighted by Gasteiger charge is -2.05. The van der Waals surface area contributed by atoms with Crippen LogP contribution in [0.25, 0.3) is 0 Å². The Balaban J connectivity index is 2.40. The van der Waals surface area contributed by atoms with E-state index in [1.54, 1.807) is 6.07 Å². The molecule has 1 aromatic carbocycles. The number of benzene rings is 1. The van der Waals surface area contributed by atoms with Gasteiger partial charge in [0.25, 0.3) is 5.69 Å². The molecule has 1 N–H and O–H groups in total. The Kier molecular flexibility index (Phi) is 6.90. The van der Waals surface area contributed by atoms with E-state index in [2.05, 4.69) is 28.2 Å². The highest BCUT2D eigenvalue weighted by atomic mass is 79.9. The monoisotopic (exact) mass is 314 g/mol. The lowest BCUT2D eigenvalue weighted by molar-refractivity contribution is -0.385. The number of rotatable bonds is 8. The van der Waals surface area contributed by atoms with E-state index < -0.39 is 0 Å². The zero-order valence-electron chi connectivity index (χ0n) is 10.6. The van der Waals surface area contributed by atoms with Crippen molar-refractivity contribution in [2.45, 2.75) is 39.2 Å². The van der Waals surface area contributed by atoms with E-state index in [1.165, 1.54) is 25.3 Å². The van der Waals surface area contributed by atoms with E-state index in [0.29, 0.717) is 6.54 Å². The van der Waals surface area contributed by atoms with Gasteiger partial charge in [0.15, 0.2) is 0 Å². The maximum absolute atomic E-state index is 10.7. The molecule has 0 aliphatic heterocycles. The van der Waals surface area contributed by atoms with Gasteiger partial charge in [-0.2, -0.15) is 0 Å². The van der Waals surface area contributed by atoms with Gasteiger partial charge in [0, 0.05) is 23.2 Å². The molecule has 0 heterocycles. The van der Waals surface area contributed by atoms with Gasteiger partial charge in [-0.3, -0.25) is 10.1 Å². The summed E-state index contributed by atoms with van der Waals surface area (Å²) in [5.41, 5.74) is 1.07. The Bertz CT molecular complexity index is 397. The second-order valence-corrected chi connectivity index (χ2v) is 5.23. The Morgan fingerprint density at radius 1 is 1.28 bits per heavy atom. The van der Waals surface area contributed by atoms with Crippen LogP contribution in [0.15, 0.2) is 22.7 Å². The molecule has 18 heavy (non-hydrogen) atoms. The van der Waals surface area contributed by atoms with Crippen molar-refractivity contribution in [1.82, 2.24) is 5.32 Å². The first-order valence-corrected chi connectivity index (χ1v) is 7.07. The summed E-state index contributed by atoms with van der Waals surface area (Å²) in [6, 6.07) is 5.04. The largest absolute Gasteiger partial charge is 0.313 e. The van der Waals surface area contributed by atoms with E-state index in [1.807, 2.05) is 6.07 Å². The van der Waals surface area contributed by atoms with Gasteiger partial charge in [0.1, 0.15) is 0 Å². The number of nitrogens with one attached hydrogen (secondary N) is 1. The molecule has 0 atom stereocenters. The van der Waals surface area contributed by atoms with Crippen molar-refractivity contribution in [1.29, 1.82) is 0 Å². The summed E-state index contributed by atoms with van der Waals surface area (Å²) in [5, 5.41) is 14.0. The topological polar surface area (TPSA) is 55.2 Å². The van der Waals surface area contributed by atoms with Crippen molar-refractivity contribution in [3.05, 3.63) is 38.3 Å². The molecule has 0 unspecified atom stereocenters. The fraction of sp³-hybridized carbons (Fsp3) is 0.538. The van der Waals surface area contributed by atoms with Gasteiger partial charge >= 0.3 is 0 Å². The lowest BCUT2D eigenvalue weighted by Crippen LogP contribution is -2.14. The average molecular weight is 315 g/mol. The zero-order chi connectivity index (χ0) is 13.4. The van der Waals surface area contributed by atoms with Crippen LogP contribution in [0.4, 0.5) is 5.69 Å². The first-order chi connectivity index (χ1) is 8.63. The second-order valence-electron chi connectivity index (χ2n) is 4.31. The van der Waals surface area contributed by atoms with Crippen LogP contribution in [0.3, 0.4) is 0 Å². The zero-order valence-corrected chi connectivity index (χ0v) is 12.2. The van der Waals surface area contributed by atoms with Crippen LogP contribution in [0.1, 0.15) is 38.2 Å². The van der Waals surface area contributed by atoms with E-state index in [4.69, 9.17) is 0 Å². The predicted octanol–water partition coefficient (Wildman–Crippen LogP) is 4.03. The summed E-state index contributed by atoms with van der Waals surface area (Å²) in [5.74, 6) is 0. The molecule has 100 valence electrons. The van der Waals surface area contributed by atoms with Gasteiger partial charge in [-0.05, 0) is 24.6 Å². The molecule has 0 aliphatic carbocycles. The fourth-order valence-corrected chi connectivity index (χ4v) is 2.28. The molecule has 0 bridgehead atoms. The summed E-state index contributed by atoms with van der Waals surface area (Å²) in [7, 11) is 0. The molecule has 5 heteroatoms. The molecular weight excluding hydrogens is 296 g/mol. The number of hydrogen-bond acceptors (Lipinski definition) is 3.